The van der Waals surface area contributed by atoms with Crippen LogP contribution in [-0.2, 0) is 11.3 Å². The van der Waals surface area contributed by atoms with Gasteiger partial charge in [0.2, 0.25) is 5.95 Å². The maximum atomic E-state index is 12.5. The average molecular weight is 389 g/mol. The van der Waals surface area contributed by atoms with Crippen molar-refractivity contribution < 1.29 is 9.53 Å². The maximum absolute atomic E-state index is 12.5. The van der Waals surface area contributed by atoms with Crippen LogP contribution in [-0.4, -0.2) is 78.2 Å². The molecule has 0 radical (unpaired) electrons. The Kier molecular flexibility index (Phi) is 5.51. The van der Waals surface area contributed by atoms with Crippen LogP contribution in [0.2, 0.25) is 0 Å². The Hall–Kier alpha value is -2.23. The molecule has 0 aromatic carbocycles. The van der Waals surface area contributed by atoms with Crippen LogP contribution < -0.4 is 10.5 Å². The number of nitrogens with one attached hydrogen (secondary N) is 1. The van der Waals surface area contributed by atoms with Gasteiger partial charge in [-0.2, -0.15) is 0 Å². The number of thiophene rings is 1. The average Bonchev–Trinajstić information content (AvgIpc) is 3.23. The number of carbonyl (C=O) groups is 1. The number of aromatic amines is 1. The van der Waals surface area contributed by atoms with Crippen molar-refractivity contribution in [2.45, 2.75) is 6.54 Å². The summed E-state index contributed by atoms with van der Waals surface area (Å²) in [6, 6.07) is 5.31. The quantitative estimate of drug-likeness (QED) is 0.826. The molecule has 27 heavy (non-hydrogen) atoms. The Bertz CT molecular complexity index is 824. The van der Waals surface area contributed by atoms with Gasteiger partial charge in [-0.15, -0.1) is 11.3 Å². The standard InChI is InChI=1S/C18H23N5O3S/c24-16-12-14(13-21-7-9-26-10-8-21)19-18(20-16)23-5-3-22(4-6-23)17(25)15-2-1-11-27-15/h1-2,11-12H,3-10,13H2,(H,19,20,24). The van der Waals surface area contributed by atoms with E-state index < -0.39 is 0 Å². The van der Waals surface area contributed by atoms with Crippen molar-refractivity contribution in [1.82, 2.24) is 19.8 Å². The molecule has 1 amide bonds. The predicted molar refractivity (Wildman–Crippen MR) is 103 cm³/mol. The number of aromatic nitrogens is 2. The second-order valence-corrected chi connectivity index (χ2v) is 7.65. The molecular formula is C18H23N5O3S. The largest absolute Gasteiger partial charge is 0.379 e. The number of piperazine rings is 1. The molecule has 0 aliphatic carbocycles. The summed E-state index contributed by atoms with van der Waals surface area (Å²) in [5, 5.41) is 1.91. The molecule has 4 rings (SSSR count). The second-order valence-electron chi connectivity index (χ2n) is 6.71. The number of nitrogens with zero attached hydrogens (tertiary/aromatic N) is 4. The first-order valence-electron chi connectivity index (χ1n) is 9.17. The van der Waals surface area contributed by atoms with E-state index in [0.29, 0.717) is 38.7 Å². The number of morpholine rings is 1. The summed E-state index contributed by atoms with van der Waals surface area (Å²) in [5.41, 5.74) is 0.632. The molecule has 8 nitrogen and oxygen atoms in total. The van der Waals surface area contributed by atoms with Crippen LogP contribution in [0, 0.1) is 0 Å². The van der Waals surface area contributed by atoms with Gasteiger partial charge in [0, 0.05) is 51.9 Å². The fourth-order valence-corrected chi connectivity index (χ4v) is 4.08. The van der Waals surface area contributed by atoms with Crippen molar-refractivity contribution in [3.63, 3.8) is 0 Å². The van der Waals surface area contributed by atoms with Gasteiger partial charge >= 0.3 is 0 Å². The Labute approximate surface area is 161 Å². The number of H-pyrrole nitrogens is 1. The van der Waals surface area contributed by atoms with Crippen LogP contribution in [0.25, 0.3) is 0 Å². The molecule has 2 aliphatic heterocycles. The lowest BCUT2D eigenvalue weighted by molar-refractivity contribution is 0.0336. The SMILES string of the molecule is O=C(c1cccs1)N1CCN(c2nc(CN3CCOCC3)cc(=O)[nH]2)CC1. The third-order valence-corrected chi connectivity index (χ3v) is 5.73. The molecule has 0 saturated carbocycles. The van der Waals surface area contributed by atoms with Crippen molar-refractivity contribution in [2.75, 3.05) is 57.4 Å². The van der Waals surface area contributed by atoms with Gasteiger partial charge < -0.3 is 14.5 Å². The number of hydrogen-bond acceptors (Lipinski definition) is 7. The lowest BCUT2D eigenvalue weighted by Gasteiger charge is -2.35. The van der Waals surface area contributed by atoms with E-state index in [-0.39, 0.29) is 11.5 Å². The molecule has 2 aliphatic rings. The minimum absolute atomic E-state index is 0.0761. The minimum Gasteiger partial charge on any atom is -0.379 e. The molecule has 0 atom stereocenters. The van der Waals surface area contributed by atoms with Gasteiger partial charge in [-0.3, -0.25) is 19.5 Å². The Morgan fingerprint density at radius 3 is 2.67 bits per heavy atom. The number of carbonyl (C=O) groups excluding carboxylic acids is 1. The summed E-state index contributed by atoms with van der Waals surface area (Å²) >= 11 is 1.46. The molecule has 0 bridgehead atoms. The van der Waals surface area contributed by atoms with Crippen molar-refractivity contribution in [1.29, 1.82) is 0 Å². The molecule has 2 aromatic rings. The van der Waals surface area contributed by atoms with Crippen LogP contribution in [0.3, 0.4) is 0 Å². The van der Waals surface area contributed by atoms with Gasteiger partial charge in [0.05, 0.1) is 23.8 Å². The van der Waals surface area contributed by atoms with Crippen LogP contribution >= 0.6 is 11.3 Å². The second kappa shape index (κ2) is 8.20. The van der Waals surface area contributed by atoms with Gasteiger partial charge in [-0.1, -0.05) is 6.07 Å². The molecule has 0 spiro atoms. The van der Waals surface area contributed by atoms with E-state index in [0.717, 1.165) is 36.9 Å². The lowest BCUT2D eigenvalue weighted by Crippen LogP contribution is -2.49. The van der Waals surface area contributed by atoms with E-state index in [4.69, 9.17) is 4.74 Å². The third-order valence-electron chi connectivity index (χ3n) is 4.87. The Morgan fingerprint density at radius 1 is 1.19 bits per heavy atom. The van der Waals surface area contributed by atoms with Crippen LogP contribution in [0.4, 0.5) is 5.95 Å². The van der Waals surface area contributed by atoms with Gasteiger partial charge in [0.25, 0.3) is 11.5 Å². The van der Waals surface area contributed by atoms with E-state index in [9.17, 15) is 9.59 Å². The van der Waals surface area contributed by atoms with Gasteiger partial charge in [0.15, 0.2) is 0 Å². The first-order valence-corrected chi connectivity index (χ1v) is 10.0. The lowest BCUT2D eigenvalue weighted by atomic mass is 10.3. The molecule has 2 saturated heterocycles. The smallest absolute Gasteiger partial charge is 0.264 e. The van der Waals surface area contributed by atoms with Crippen LogP contribution in [0.5, 0.6) is 0 Å². The summed E-state index contributed by atoms with van der Waals surface area (Å²) in [7, 11) is 0. The number of hydrogen-bond donors (Lipinski definition) is 1. The third kappa shape index (κ3) is 4.37. The van der Waals surface area contributed by atoms with E-state index >= 15 is 0 Å². The van der Waals surface area contributed by atoms with E-state index in [2.05, 4.69) is 14.9 Å². The normalized spacial score (nSPS) is 18.7. The predicted octanol–water partition coefficient (Wildman–Crippen LogP) is 0.626. The Balaban J connectivity index is 1.40. The number of amides is 1. The fraction of sp³-hybridized carbons (Fsp3) is 0.500. The minimum atomic E-state index is -0.139. The van der Waals surface area contributed by atoms with Crippen molar-refractivity contribution in [3.8, 4) is 0 Å². The summed E-state index contributed by atoms with van der Waals surface area (Å²) in [4.78, 5) is 39.0. The molecule has 4 heterocycles. The van der Waals surface area contributed by atoms with Gasteiger partial charge in [-0.05, 0) is 11.4 Å². The summed E-state index contributed by atoms with van der Waals surface area (Å²) in [5.74, 6) is 0.668. The first-order chi connectivity index (χ1) is 13.2. The summed E-state index contributed by atoms with van der Waals surface area (Å²) in [6.07, 6.45) is 0. The highest BCUT2D eigenvalue weighted by molar-refractivity contribution is 7.12. The van der Waals surface area contributed by atoms with Crippen molar-refractivity contribution in [2.24, 2.45) is 0 Å². The molecule has 144 valence electrons. The zero-order chi connectivity index (χ0) is 18.6. The highest BCUT2D eigenvalue weighted by atomic mass is 32.1. The van der Waals surface area contributed by atoms with E-state index in [1.165, 1.54) is 11.3 Å². The maximum Gasteiger partial charge on any atom is 0.264 e. The van der Waals surface area contributed by atoms with E-state index in [1.54, 1.807) is 6.07 Å². The number of rotatable bonds is 4. The van der Waals surface area contributed by atoms with Gasteiger partial charge in [0.1, 0.15) is 0 Å². The van der Waals surface area contributed by atoms with Crippen molar-refractivity contribution >= 4 is 23.2 Å². The molecule has 2 fully saturated rings. The van der Waals surface area contributed by atoms with Gasteiger partial charge in [-0.25, -0.2) is 4.98 Å². The highest BCUT2D eigenvalue weighted by Gasteiger charge is 2.24. The zero-order valence-electron chi connectivity index (χ0n) is 15.1. The van der Waals surface area contributed by atoms with Crippen LogP contribution in [0.1, 0.15) is 15.4 Å². The van der Waals surface area contributed by atoms with E-state index in [1.807, 2.05) is 27.3 Å². The monoisotopic (exact) mass is 389 g/mol. The number of anilines is 1. The number of ether oxygens (including phenoxy) is 1. The molecular weight excluding hydrogens is 366 g/mol. The summed E-state index contributed by atoms with van der Waals surface area (Å²) < 4.78 is 5.37. The van der Waals surface area contributed by atoms with Crippen LogP contribution in [0.15, 0.2) is 28.4 Å². The topological polar surface area (TPSA) is 81.8 Å². The van der Waals surface area contributed by atoms with Crippen molar-refractivity contribution in [3.05, 3.63) is 44.5 Å². The molecule has 2 aromatic heterocycles. The summed E-state index contributed by atoms with van der Waals surface area (Å²) in [6.45, 7) is 6.34. The highest BCUT2D eigenvalue weighted by Crippen LogP contribution is 2.16. The zero-order valence-corrected chi connectivity index (χ0v) is 15.9. The first kappa shape index (κ1) is 18.1. The Morgan fingerprint density at radius 2 is 1.96 bits per heavy atom. The molecule has 1 N–H and O–H groups in total. The molecule has 0 unspecified atom stereocenters. The fourth-order valence-electron chi connectivity index (χ4n) is 3.39. The molecule has 9 heteroatoms.